The van der Waals surface area contributed by atoms with Crippen molar-refractivity contribution in [2.75, 3.05) is 13.1 Å². The van der Waals surface area contributed by atoms with Crippen molar-refractivity contribution in [3.05, 3.63) is 31.8 Å². The third-order valence-electron chi connectivity index (χ3n) is 2.38. The quantitative estimate of drug-likeness (QED) is 0.671. The smallest absolute Gasteiger partial charge is 0.252 e. The summed E-state index contributed by atoms with van der Waals surface area (Å²) in [6.45, 7) is 3.01. The average molecular weight is 439 g/mol. The highest BCUT2D eigenvalue weighted by atomic mass is 127. The van der Waals surface area contributed by atoms with Crippen LogP contribution in [0.2, 0.25) is 0 Å². The van der Waals surface area contributed by atoms with Crippen LogP contribution in [0.5, 0.6) is 0 Å². The molecular formula is C13H16BrIN2O2. The molecule has 0 saturated carbocycles. The number of carbonyl (C=O) groups excluding carboxylic acids is 2. The molecule has 1 aromatic carbocycles. The van der Waals surface area contributed by atoms with Crippen LogP contribution in [-0.2, 0) is 4.79 Å². The fourth-order valence-electron chi connectivity index (χ4n) is 1.41. The van der Waals surface area contributed by atoms with Gasteiger partial charge < -0.3 is 10.6 Å². The molecule has 0 unspecified atom stereocenters. The normalized spacial score (nSPS) is 10.1. The van der Waals surface area contributed by atoms with Crippen LogP contribution in [0.1, 0.15) is 30.1 Å². The van der Waals surface area contributed by atoms with Crippen LogP contribution in [0.15, 0.2) is 22.7 Å². The van der Waals surface area contributed by atoms with Crippen molar-refractivity contribution in [2.45, 2.75) is 19.8 Å². The molecule has 0 aromatic heterocycles. The van der Waals surface area contributed by atoms with E-state index in [-0.39, 0.29) is 11.8 Å². The zero-order valence-electron chi connectivity index (χ0n) is 10.6. The van der Waals surface area contributed by atoms with Gasteiger partial charge in [-0.2, -0.15) is 0 Å². The molecule has 0 heterocycles. The first-order chi connectivity index (χ1) is 9.04. The van der Waals surface area contributed by atoms with Crippen molar-refractivity contribution in [2.24, 2.45) is 0 Å². The zero-order valence-corrected chi connectivity index (χ0v) is 14.4. The number of rotatable bonds is 6. The lowest BCUT2D eigenvalue weighted by molar-refractivity contribution is -0.120. The van der Waals surface area contributed by atoms with Crippen molar-refractivity contribution in [3.63, 3.8) is 0 Å². The van der Waals surface area contributed by atoms with Crippen LogP contribution in [-0.4, -0.2) is 24.9 Å². The molecule has 104 valence electrons. The van der Waals surface area contributed by atoms with Gasteiger partial charge in [0.25, 0.3) is 5.91 Å². The van der Waals surface area contributed by atoms with Gasteiger partial charge in [0, 0.05) is 27.6 Å². The second-order valence-corrected chi connectivity index (χ2v) is 6.08. The zero-order chi connectivity index (χ0) is 14.3. The number of hydrogen-bond acceptors (Lipinski definition) is 2. The van der Waals surface area contributed by atoms with E-state index in [9.17, 15) is 9.59 Å². The van der Waals surface area contributed by atoms with E-state index >= 15 is 0 Å². The van der Waals surface area contributed by atoms with Gasteiger partial charge in [-0.15, -0.1) is 0 Å². The number of hydrogen-bond donors (Lipinski definition) is 2. The molecule has 0 spiro atoms. The number of nitrogens with one attached hydrogen (secondary N) is 2. The molecule has 0 aliphatic heterocycles. The molecule has 0 aliphatic carbocycles. The first kappa shape index (κ1) is 16.4. The molecule has 2 N–H and O–H groups in total. The highest BCUT2D eigenvalue weighted by Gasteiger charge is 2.10. The molecule has 2 amide bonds. The molecule has 4 nitrogen and oxygen atoms in total. The molecule has 1 aromatic rings. The first-order valence-electron chi connectivity index (χ1n) is 6.04. The summed E-state index contributed by atoms with van der Waals surface area (Å²) in [6, 6.07) is 5.56. The molecule has 1 rings (SSSR count). The standard InChI is InChI=1S/C13H16BrIN2O2/c1-2-6-16-12(18)5-7-17-13(19)10-8-9(15)3-4-11(10)14/h3-4,8H,2,5-7H2,1H3,(H,16,18)(H,17,19). The maximum absolute atomic E-state index is 11.9. The van der Waals surface area contributed by atoms with Crippen LogP contribution in [0.4, 0.5) is 0 Å². The molecular weight excluding hydrogens is 423 g/mol. The van der Waals surface area contributed by atoms with Gasteiger partial charge in [-0.3, -0.25) is 9.59 Å². The Kier molecular flexibility index (Phi) is 7.37. The van der Waals surface area contributed by atoms with Crippen LogP contribution in [0.3, 0.4) is 0 Å². The summed E-state index contributed by atoms with van der Waals surface area (Å²) in [5.74, 6) is -0.211. The summed E-state index contributed by atoms with van der Waals surface area (Å²) >= 11 is 5.50. The summed E-state index contributed by atoms with van der Waals surface area (Å²) in [5, 5.41) is 5.51. The van der Waals surface area contributed by atoms with E-state index in [4.69, 9.17) is 0 Å². The Hall–Kier alpha value is -0.630. The van der Waals surface area contributed by atoms with E-state index in [1.54, 1.807) is 6.07 Å². The summed E-state index contributed by atoms with van der Waals surface area (Å²) < 4.78 is 1.74. The second-order valence-electron chi connectivity index (χ2n) is 3.98. The maximum Gasteiger partial charge on any atom is 0.252 e. The number of carbonyl (C=O) groups is 2. The molecule has 0 aliphatic rings. The summed E-state index contributed by atoms with van der Waals surface area (Å²) in [6.07, 6.45) is 1.21. The van der Waals surface area contributed by atoms with Crippen LogP contribution in [0.25, 0.3) is 0 Å². The minimum Gasteiger partial charge on any atom is -0.356 e. The van der Waals surface area contributed by atoms with Gasteiger partial charge in [0.2, 0.25) is 5.91 Å². The molecule has 0 radical (unpaired) electrons. The fourth-order valence-corrected chi connectivity index (χ4v) is 2.33. The van der Waals surface area contributed by atoms with Crippen molar-refractivity contribution in [3.8, 4) is 0 Å². The molecule has 19 heavy (non-hydrogen) atoms. The van der Waals surface area contributed by atoms with Gasteiger partial charge in [-0.25, -0.2) is 0 Å². The third-order valence-corrected chi connectivity index (χ3v) is 3.75. The highest BCUT2D eigenvalue weighted by molar-refractivity contribution is 14.1. The van der Waals surface area contributed by atoms with E-state index in [2.05, 4.69) is 49.2 Å². The monoisotopic (exact) mass is 438 g/mol. The Bertz CT molecular complexity index is 466. The molecule has 6 heteroatoms. The first-order valence-corrected chi connectivity index (χ1v) is 7.91. The molecule has 0 bridgehead atoms. The summed E-state index contributed by atoms with van der Waals surface area (Å²) in [4.78, 5) is 23.3. The van der Waals surface area contributed by atoms with Crippen LogP contribution < -0.4 is 10.6 Å². The van der Waals surface area contributed by atoms with Crippen molar-refractivity contribution in [1.29, 1.82) is 0 Å². The van der Waals surface area contributed by atoms with Crippen molar-refractivity contribution < 1.29 is 9.59 Å². The van der Waals surface area contributed by atoms with E-state index in [0.717, 1.165) is 14.5 Å². The number of amides is 2. The Labute approximate surface area is 135 Å². The average Bonchev–Trinajstić information content (AvgIpc) is 2.39. The van der Waals surface area contributed by atoms with E-state index in [1.807, 2.05) is 19.1 Å². The van der Waals surface area contributed by atoms with E-state index < -0.39 is 0 Å². The lowest BCUT2D eigenvalue weighted by atomic mass is 10.2. The Balaban J connectivity index is 2.43. The SMILES string of the molecule is CCCNC(=O)CCNC(=O)c1cc(I)ccc1Br. The second kappa shape index (κ2) is 8.52. The number of halogens is 2. The highest BCUT2D eigenvalue weighted by Crippen LogP contribution is 2.19. The number of benzene rings is 1. The van der Waals surface area contributed by atoms with E-state index in [1.165, 1.54) is 0 Å². The molecule has 0 fully saturated rings. The maximum atomic E-state index is 11.9. The van der Waals surface area contributed by atoms with Gasteiger partial charge in [0.05, 0.1) is 5.56 Å². The minimum atomic E-state index is -0.173. The van der Waals surface area contributed by atoms with Gasteiger partial charge in [-0.05, 0) is 63.1 Å². The largest absolute Gasteiger partial charge is 0.356 e. The Morgan fingerprint density at radius 2 is 2.00 bits per heavy atom. The topological polar surface area (TPSA) is 58.2 Å². The lowest BCUT2D eigenvalue weighted by Crippen LogP contribution is -2.31. The lowest BCUT2D eigenvalue weighted by Gasteiger charge is -2.07. The van der Waals surface area contributed by atoms with E-state index in [0.29, 0.717) is 25.1 Å². The Morgan fingerprint density at radius 3 is 2.68 bits per heavy atom. The third kappa shape index (κ3) is 5.90. The Morgan fingerprint density at radius 1 is 1.26 bits per heavy atom. The van der Waals surface area contributed by atoms with Crippen molar-refractivity contribution >= 4 is 50.3 Å². The molecule has 0 saturated heterocycles. The predicted molar refractivity (Wildman–Crippen MR) is 87.1 cm³/mol. The summed E-state index contributed by atoms with van der Waals surface area (Å²) in [7, 11) is 0. The summed E-state index contributed by atoms with van der Waals surface area (Å²) in [5.41, 5.74) is 0.584. The van der Waals surface area contributed by atoms with Crippen LogP contribution in [0, 0.1) is 3.57 Å². The van der Waals surface area contributed by atoms with Crippen LogP contribution >= 0.6 is 38.5 Å². The van der Waals surface area contributed by atoms with Gasteiger partial charge in [0.15, 0.2) is 0 Å². The molecule has 0 atom stereocenters. The van der Waals surface area contributed by atoms with Gasteiger partial charge in [0.1, 0.15) is 0 Å². The predicted octanol–water partition coefficient (Wildman–Crippen LogP) is 2.70. The van der Waals surface area contributed by atoms with Gasteiger partial charge in [-0.1, -0.05) is 6.92 Å². The fraction of sp³-hybridized carbons (Fsp3) is 0.385. The van der Waals surface area contributed by atoms with Crippen molar-refractivity contribution in [1.82, 2.24) is 10.6 Å². The van der Waals surface area contributed by atoms with Gasteiger partial charge >= 0.3 is 0 Å². The minimum absolute atomic E-state index is 0.0381.